The summed E-state index contributed by atoms with van der Waals surface area (Å²) in [5.74, 6) is 2.06. The van der Waals surface area contributed by atoms with Gasteiger partial charge in [0.25, 0.3) is 0 Å². The van der Waals surface area contributed by atoms with Crippen LogP contribution in [0.2, 0.25) is 0 Å². The summed E-state index contributed by atoms with van der Waals surface area (Å²) in [4.78, 5) is 4.44. The number of methoxy groups -OCH3 is 1. The van der Waals surface area contributed by atoms with E-state index in [1.807, 2.05) is 19.4 Å². The third-order valence-corrected chi connectivity index (χ3v) is 3.85. The highest BCUT2D eigenvalue weighted by Crippen LogP contribution is 2.24. The molecule has 1 aromatic carbocycles. The predicted octanol–water partition coefficient (Wildman–Crippen LogP) is 3.17. The first-order chi connectivity index (χ1) is 10.2. The average molecular weight is 287 g/mol. The van der Waals surface area contributed by atoms with Crippen molar-refractivity contribution in [1.82, 2.24) is 14.9 Å². The summed E-state index contributed by atoms with van der Waals surface area (Å²) in [7, 11) is 3.70. The van der Waals surface area contributed by atoms with Crippen LogP contribution in [0.4, 0.5) is 0 Å². The predicted molar refractivity (Wildman–Crippen MR) is 85.8 cm³/mol. The number of nitrogens with one attached hydrogen (secondary N) is 1. The highest BCUT2D eigenvalue weighted by Gasteiger charge is 2.10. The van der Waals surface area contributed by atoms with Gasteiger partial charge in [-0.05, 0) is 38.1 Å². The molecule has 1 unspecified atom stereocenters. The van der Waals surface area contributed by atoms with Gasteiger partial charge in [0.2, 0.25) is 0 Å². The zero-order valence-corrected chi connectivity index (χ0v) is 13.4. The Kier molecular flexibility index (Phi) is 5.39. The summed E-state index contributed by atoms with van der Waals surface area (Å²) >= 11 is 0. The van der Waals surface area contributed by atoms with Crippen LogP contribution in [-0.2, 0) is 13.0 Å². The van der Waals surface area contributed by atoms with E-state index in [1.165, 1.54) is 11.1 Å². The molecule has 0 spiro atoms. The Labute approximate surface area is 127 Å². The molecule has 21 heavy (non-hydrogen) atoms. The van der Waals surface area contributed by atoms with Crippen molar-refractivity contribution in [3.8, 4) is 5.75 Å². The van der Waals surface area contributed by atoms with Gasteiger partial charge in [-0.15, -0.1) is 0 Å². The van der Waals surface area contributed by atoms with Crippen LogP contribution >= 0.6 is 0 Å². The van der Waals surface area contributed by atoms with Gasteiger partial charge in [0.1, 0.15) is 11.6 Å². The van der Waals surface area contributed by atoms with Crippen LogP contribution in [0.15, 0.2) is 30.6 Å². The fraction of sp³-hybridized carbons (Fsp3) is 0.471. The minimum Gasteiger partial charge on any atom is -0.496 e. The zero-order valence-electron chi connectivity index (χ0n) is 13.4. The highest BCUT2D eigenvalue weighted by molar-refractivity contribution is 5.38. The number of imidazole rings is 1. The maximum atomic E-state index is 5.51. The van der Waals surface area contributed by atoms with Crippen molar-refractivity contribution >= 4 is 0 Å². The van der Waals surface area contributed by atoms with Crippen molar-refractivity contribution in [1.29, 1.82) is 0 Å². The Morgan fingerprint density at radius 3 is 2.86 bits per heavy atom. The van der Waals surface area contributed by atoms with Gasteiger partial charge >= 0.3 is 0 Å². The second kappa shape index (κ2) is 7.27. The van der Waals surface area contributed by atoms with Gasteiger partial charge in [-0.3, -0.25) is 0 Å². The second-order valence-corrected chi connectivity index (χ2v) is 5.30. The molecule has 114 valence electrons. The molecule has 0 saturated heterocycles. The minimum atomic E-state index is 0.326. The minimum absolute atomic E-state index is 0.326. The van der Waals surface area contributed by atoms with Gasteiger partial charge in [-0.25, -0.2) is 4.98 Å². The SMILES string of the molecule is CCCc1nccn1Cc1cc(C(C)NC)ccc1OC. The van der Waals surface area contributed by atoms with E-state index < -0.39 is 0 Å². The van der Waals surface area contributed by atoms with Crippen molar-refractivity contribution in [2.24, 2.45) is 0 Å². The van der Waals surface area contributed by atoms with E-state index in [2.05, 4.69) is 46.9 Å². The first kappa shape index (κ1) is 15.6. The standard InChI is InChI=1S/C17H25N3O/c1-5-6-17-19-9-10-20(17)12-15-11-14(13(2)18-3)7-8-16(15)21-4/h7-11,13,18H,5-6,12H2,1-4H3. The molecule has 1 atom stereocenters. The molecule has 2 rings (SSSR count). The van der Waals surface area contributed by atoms with E-state index in [0.717, 1.165) is 31.0 Å². The largest absolute Gasteiger partial charge is 0.496 e. The van der Waals surface area contributed by atoms with E-state index in [9.17, 15) is 0 Å². The molecule has 1 aromatic heterocycles. The lowest BCUT2D eigenvalue weighted by molar-refractivity contribution is 0.407. The van der Waals surface area contributed by atoms with Crippen LogP contribution in [0.25, 0.3) is 0 Å². The normalized spacial score (nSPS) is 12.4. The van der Waals surface area contributed by atoms with Gasteiger partial charge in [-0.2, -0.15) is 0 Å². The van der Waals surface area contributed by atoms with Gasteiger partial charge in [-0.1, -0.05) is 13.0 Å². The van der Waals surface area contributed by atoms with Crippen molar-refractivity contribution in [2.45, 2.75) is 39.3 Å². The maximum absolute atomic E-state index is 5.51. The number of aromatic nitrogens is 2. The Hall–Kier alpha value is -1.81. The van der Waals surface area contributed by atoms with E-state index in [0.29, 0.717) is 6.04 Å². The lowest BCUT2D eigenvalue weighted by Gasteiger charge is -2.16. The number of hydrogen-bond acceptors (Lipinski definition) is 3. The van der Waals surface area contributed by atoms with Crippen molar-refractivity contribution in [3.05, 3.63) is 47.5 Å². The summed E-state index contributed by atoms with van der Waals surface area (Å²) < 4.78 is 7.71. The van der Waals surface area contributed by atoms with Crippen LogP contribution in [0.5, 0.6) is 5.75 Å². The number of benzene rings is 1. The Bertz CT molecular complexity index is 577. The molecule has 0 aliphatic carbocycles. The molecule has 0 aliphatic rings. The molecule has 0 radical (unpaired) electrons. The monoisotopic (exact) mass is 287 g/mol. The molecule has 4 heteroatoms. The van der Waals surface area contributed by atoms with Gasteiger partial charge in [0, 0.05) is 30.4 Å². The quantitative estimate of drug-likeness (QED) is 0.850. The van der Waals surface area contributed by atoms with Crippen LogP contribution in [0.1, 0.15) is 43.3 Å². The maximum Gasteiger partial charge on any atom is 0.123 e. The third kappa shape index (κ3) is 3.64. The number of hydrogen-bond donors (Lipinski definition) is 1. The molecule has 4 nitrogen and oxygen atoms in total. The number of aryl methyl sites for hydroxylation is 1. The van der Waals surface area contributed by atoms with Crippen LogP contribution in [-0.4, -0.2) is 23.7 Å². The lowest BCUT2D eigenvalue weighted by atomic mass is 10.0. The van der Waals surface area contributed by atoms with E-state index in [4.69, 9.17) is 4.74 Å². The van der Waals surface area contributed by atoms with Crippen molar-refractivity contribution < 1.29 is 4.74 Å². The molecular formula is C17H25N3O. The first-order valence-corrected chi connectivity index (χ1v) is 7.53. The van der Waals surface area contributed by atoms with Crippen LogP contribution < -0.4 is 10.1 Å². The van der Waals surface area contributed by atoms with E-state index in [1.54, 1.807) is 7.11 Å². The van der Waals surface area contributed by atoms with Gasteiger partial charge < -0.3 is 14.6 Å². The number of nitrogens with zero attached hydrogens (tertiary/aromatic N) is 2. The topological polar surface area (TPSA) is 39.1 Å². The third-order valence-electron chi connectivity index (χ3n) is 3.85. The summed E-state index contributed by atoms with van der Waals surface area (Å²) in [6.07, 6.45) is 6.02. The molecule has 0 aliphatic heterocycles. The summed E-state index contributed by atoms with van der Waals surface area (Å²) in [6, 6.07) is 6.71. The van der Waals surface area contributed by atoms with Crippen LogP contribution in [0, 0.1) is 0 Å². The van der Waals surface area contributed by atoms with Crippen molar-refractivity contribution in [2.75, 3.05) is 14.2 Å². The van der Waals surface area contributed by atoms with Crippen LogP contribution in [0.3, 0.4) is 0 Å². The second-order valence-electron chi connectivity index (χ2n) is 5.30. The Morgan fingerprint density at radius 2 is 2.19 bits per heavy atom. The fourth-order valence-corrected chi connectivity index (χ4v) is 2.48. The van der Waals surface area contributed by atoms with E-state index >= 15 is 0 Å². The zero-order chi connectivity index (χ0) is 15.2. The first-order valence-electron chi connectivity index (χ1n) is 7.53. The smallest absolute Gasteiger partial charge is 0.123 e. The molecule has 0 fully saturated rings. The molecule has 2 aromatic rings. The van der Waals surface area contributed by atoms with Gasteiger partial charge in [0.15, 0.2) is 0 Å². The van der Waals surface area contributed by atoms with Gasteiger partial charge in [0.05, 0.1) is 13.7 Å². The Morgan fingerprint density at radius 1 is 1.38 bits per heavy atom. The molecule has 0 saturated carbocycles. The average Bonchev–Trinajstić information content (AvgIpc) is 2.94. The lowest BCUT2D eigenvalue weighted by Crippen LogP contribution is -2.13. The molecule has 0 bridgehead atoms. The summed E-state index contributed by atoms with van der Waals surface area (Å²) in [6.45, 7) is 5.13. The molecular weight excluding hydrogens is 262 g/mol. The number of rotatable bonds is 7. The molecule has 1 heterocycles. The molecule has 0 amide bonds. The Balaban J connectivity index is 2.30. The van der Waals surface area contributed by atoms with Crippen molar-refractivity contribution in [3.63, 3.8) is 0 Å². The molecule has 1 N–H and O–H groups in total. The number of ether oxygens (including phenoxy) is 1. The highest BCUT2D eigenvalue weighted by atomic mass is 16.5. The summed E-state index contributed by atoms with van der Waals surface area (Å²) in [5, 5.41) is 3.28. The fourth-order valence-electron chi connectivity index (χ4n) is 2.48. The summed E-state index contributed by atoms with van der Waals surface area (Å²) in [5.41, 5.74) is 2.46. The van der Waals surface area contributed by atoms with E-state index in [-0.39, 0.29) is 0 Å².